The lowest BCUT2D eigenvalue weighted by atomic mass is 10.1. The van der Waals surface area contributed by atoms with Crippen LogP contribution in [0.3, 0.4) is 0 Å². The van der Waals surface area contributed by atoms with E-state index < -0.39 is 5.97 Å². The first-order valence-electron chi connectivity index (χ1n) is 8.97. The molecular weight excluding hydrogens is 364 g/mol. The van der Waals surface area contributed by atoms with Crippen LogP contribution >= 0.6 is 11.3 Å². The van der Waals surface area contributed by atoms with Crippen LogP contribution in [0, 0.1) is 6.92 Å². The third-order valence-corrected chi connectivity index (χ3v) is 5.83. The standard InChI is InChI=1S/C20H22N2O4S/c1-4-21-17(23)15-13(3)16(19(24)26-5-2)27-18(15)22(20(21)25)12-11-14-9-7-6-8-10-14/h6-10H,4-5,11-12H2,1-3H3. The van der Waals surface area contributed by atoms with Crippen molar-refractivity contribution in [3.8, 4) is 0 Å². The normalized spacial score (nSPS) is 11.1. The molecule has 0 aliphatic carbocycles. The third kappa shape index (κ3) is 3.47. The van der Waals surface area contributed by atoms with E-state index in [0.29, 0.717) is 33.6 Å². The second kappa shape index (κ2) is 7.92. The maximum absolute atomic E-state index is 12.9. The predicted molar refractivity (Wildman–Crippen MR) is 107 cm³/mol. The molecule has 2 aromatic heterocycles. The summed E-state index contributed by atoms with van der Waals surface area (Å²) < 4.78 is 7.94. The SMILES string of the molecule is CCOC(=O)c1sc2c(c1C)c(=O)n(CC)c(=O)n2CCc1ccccc1. The van der Waals surface area contributed by atoms with Gasteiger partial charge in [0.15, 0.2) is 0 Å². The fraction of sp³-hybridized carbons (Fsp3) is 0.350. The van der Waals surface area contributed by atoms with Crippen LogP contribution in [0.1, 0.15) is 34.6 Å². The topological polar surface area (TPSA) is 70.3 Å². The number of carbonyl (C=O) groups is 1. The molecule has 3 rings (SSSR count). The summed E-state index contributed by atoms with van der Waals surface area (Å²) >= 11 is 1.16. The summed E-state index contributed by atoms with van der Waals surface area (Å²) in [5.41, 5.74) is 0.986. The molecule has 0 saturated heterocycles. The van der Waals surface area contributed by atoms with Gasteiger partial charge in [0.2, 0.25) is 0 Å². The molecular formula is C20H22N2O4S. The molecule has 0 N–H and O–H groups in total. The van der Waals surface area contributed by atoms with E-state index in [9.17, 15) is 14.4 Å². The highest BCUT2D eigenvalue weighted by Gasteiger charge is 2.23. The largest absolute Gasteiger partial charge is 0.462 e. The van der Waals surface area contributed by atoms with Crippen LogP contribution in [0.2, 0.25) is 0 Å². The molecule has 7 heteroatoms. The average Bonchev–Trinajstić information content (AvgIpc) is 3.00. The molecule has 0 fully saturated rings. The molecule has 3 aromatic rings. The van der Waals surface area contributed by atoms with Crippen LogP contribution in [0.4, 0.5) is 0 Å². The summed E-state index contributed by atoms with van der Waals surface area (Å²) in [6.45, 7) is 6.21. The van der Waals surface area contributed by atoms with Crippen molar-refractivity contribution in [3.63, 3.8) is 0 Å². The first-order valence-corrected chi connectivity index (χ1v) is 9.79. The number of fused-ring (bicyclic) bond motifs is 1. The van der Waals surface area contributed by atoms with E-state index in [-0.39, 0.29) is 24.4 Å². The summed E-state index contributed by atoms with van der Waals surface area (Å²) in [6.07, 6.45) is 0.656. The summed E-state index contributed by atoms with van der Waals surface area (Å²) in [6, 6.07) is 9.85. The lowest BCUT2D eigenvalue weighted by molar-refractivity contribution is 0.0531. The Bertz CT molecular complexity index is 1090. The summed E-state index contributed by atoms with van der Waals surface area (Å²) in [5.74, 6) is -0.458. The molecule has 0 unspecified atom stereocenters. The summed E-state index contributed by atoms with van der Waals surface area (Å²) in [7, 11) is 0. The summed E-state index contributed by atoms with van der Waals surface area (Å²) in [5, 5.41) is 0.428. The number of ether oxygens (including phenoxy) is 1. The molecule has 142 valence electrons. The molecule has 0 bridgehead atoms. The molecule has 6 nitrogen and oxygen atoms in total. The van der Waals surface area contributed by atoms with Gasteiger partial charge in [-0.25, -0.2) is 9.59 Å². The lowest BCUT2D eigenvalue weighted by Crippen LogP contribution is -2.39. The van der Waals surface area contributed by atoms with E-state index in [1.165, 1.54) is 4.57 Å². The lowest BCUT2D eigenvalue weighted by Gasteiger charge is -2.11. The first kappa shape index (κ1) is 19.1. The minimum atomic E-state index is -0.458. The van der Waals surface area contributed by atoms with E-state index >= 15 is 0 Å². The highest BCUT2D eigenvalue weighted by Crippen LogP contribution is 2.28. The quantitative estimate of drug-likeness (QED) is 0.611. The van der Waals surface area contributed by atoms with Crippen molar-refractivity contribution >= 4 is 27.5 Å². The van der Waals surface area contributed by atoms with Crippen molar-refractivity contribution in [1.82, 2.24) is 9.13 Å². The first-order chi connectivity index (χ1) is 13.0. The smallest absolute Gasteiger partial charge is 0.348 e. The zero-order chi connectivity index (χ0) is 19.6. The Morgan fingerprint density at radius 1 is 1.11 bits per heavy atom. The van der Waals surface area contributed by atoms with Crippen molar-refractivity contribution in [2.45, 2.75) is 40.3 Å². The Balaban J connectivity index is 2.19. The van der Waals surface area contributed by atoms with Gasteiger partial charge in [-0.2, -0.15) is 0 Å². The number of nitrogens with zero attached hydrogens (tertiary/aromatic N) is 2. The molecule has 0 amide bonds. The summed E-state index contributed by atoms with van der Waals surface area (Å²) in [4.78, 5) is 38.9. The molecule has 0 atom stereocenters. The van der Waals surface area contributed by atoms with Crippen LogP contribution in [0.25, 0.3) is 10.2 Å². The van der Waals surface area contributed by atoms with Gasteiger partial charge in [-0.15, -0.1) is 11.3 Å². The number of thiophene rings is 1. The van der Waals surface area contributed by atoms with Gasteiger partial charge in [0.1, 0.15) is 9.71 Å². The molecule has 0 aliphatic rings. The van der Waals surface area contributed by atoms with E-state index in [0.717, 1.165) is 16.9 Å². The highest BCUT2D eigenvalue weighted by molar-refractivity contribution is 7.20. The van der Waals surface area contributed by atoms with Gasteiger partial charge in [-0.3, -0.25) is 13.9 Å². The van der Waals surface area contributed by atoms with Gasteiger partial charge in [-0.1, -0.05) is 30.3 Å². The zero-order valence-electron chi connectivity index (χ0n) is 15.7. The number of benzene rings is 1. The number of rotatable bonds is 6. The van der Waals surface area contributed by atoms with Gasteiger partial charge in [-0.05, 0) is 38.3 Å². The number of aromatic nitrogens is 2. The minimum absolute atomic E-state index is 0.256. The molecule has 0 spiro atoms. The van der Waals surface area contributed by atoms with Gasteiger partial charge < -0.3 is 4.74 Å². The number of hydrogen-bond acceptors (Lipinski definition) is 5. The van der Waals surface area contributed by atoms with E-state index in [1.807, 2.05) is 30.3 Å². The molecule has 2 heterocycles. The minimum Gasteiger partial charge on any atom is -0.462 e. The van der Waals surface area contributed by atoms with Gasteiger partial charge in [0, 0.05) is 13.1 Å². The van der Waals surface area contributed by atoms with Crippen molar-refractivity contribution in [3.05, 3.63) is 67.2 Å². The van der Waals surface area contributed by atoms with Crippen LogP contribution in [0.5, 0.6) is 0 Å². The van der Waals surface area contributed by atoms with Crippen LogP contribution in [0.15, 0.2) is 39.9 Å². The van der Waals surface area contributed by atoms with Crippen LogP contribution < -0.4 is 11.2 Å². The second-order valence-electron chi connectivity index (χ2n) is 6.18. The molecule has 0 aliphatic heterocycles. The van der Waals surface area contributed by atoms with Crippen molar-refractivity contribution < 1.29 is 9.53 Å². The van der Waals surface area contributed by atoms with Gasteiger partial charge in [0.25, 0.3) is 5.56 Å². The third-order valence-electron chi connectivity index (χ3n) is 4.54. The van der Waals surface area contributed by atoms with Gasteiger partial charge in [0.05, 0.1) is 12.0 Å². The number of esters is 1. The Kier molecular flexibility index (Phi) is 5.60. The van der Waals surface area contributed by atoms with E-state index in [4.69, 9.17) is 4.74 Å². The van der Waals surface area contributed by atoms with Crippen molar-refractivity contribution in [1.29, 1.82) is 0 Å². The second-order valence-corrected chi connectivity index (χ2v) is 7.18. The highest BCUT2D eigenvalue weighted by atomic mass is 32.1. The van der Waals surface area contributed by atoms with E-state index in [1.54, 1.807) is 25.3 Å². The maximum atomic E-state index is 12.9. The number of aryl methyl sites for hydroxylation is 3. The Morgan fingerprint density at radius 2 is 1.81 bits per heavy atom. The van der Waals surface area contributed by atoms with Crippen molar-refractivity contribution in [2.75, 3.05) is 6.61 Å². The fourth-order valence-electron chi connectivity index (χ4n) is 3.15. The van der Waals surface area contributed by atoms with Crippen LogP contribution in [-0.2, 0) is 24.2 Å². The van der Waals surface area contributed by atoms with Crippen molar-refractivity contribution in [2.24, 2.45) is 0 Å². The Hall–Kier alpha value is -2.67. The van der Waals surface area contributed by atoms with Crippen LogP contribution in [-0.4, -0.2) is 21.7 Å². The monoisotopic (exact) mass is 386 g/mol. The number of carbonyl (C=O) groups excluding carboxylic acids is 1. The fourth-order valence-corrected chi connectivity index (χ4v) is 4.36. The average molecular weight is 386 g/mol. The van der Waals surface area contributed by atoms with E-state index in [2.05, 4.69) is 0 Å². The molecule has 0 saturated carbocycles. The molecule has 27 heavy (non-hydrogen) atoms. The zero-order valence-corrected chi connectivity index (χ0v) is 16.5. The Morgan fingerprint density at radius 3 is 2.44 bits per heavy atom. The van der Waals surface area contributed by atoms with Gasteiger partial charge >= 0.3 is 11.7 Å². The number of hydrogen-bond donors (Lipinski definition) is 0. The predicted octanol–water partition coefficient (Wildman–Crippen LogP) is 2.97. The maximum Gasteiger partial charge on any atom is 0.348 e. The molecule has 0 radical (unpaired) electrons. The Labute approximate surface area is 160 Å². The molecule has 1 aromatic carbocycles.